The summed E-state index contributed by atoms with van der Waals surface area (Å²) in [6.45, 7) is 1.98. The number of nitrogens with zero attached hydrogens (tertiary/aromatic N) is 2. The summed E-state index contributed by atoms with van der Waals surface area (Å²) < 4.78 is 0.750. The van der Waals surface area contributed by atoms with Gasteiger partial charge >= 0.3 is 0 Å². The van der Waals surface area contributed by atoms with Crippen LogP contribution in [-0.4, -0.2) is 10.2 Å². The molecule has 3 nitrogen and oxygen atoms in total. The normalized spacial score (nSPS) is 10.1. The van der Waals surface area contributed by atoms with Crippen LogP contribution in [0.15, 0.2) is 4.47 Å². The van der Waals surface area contributed by atoms with Crippen molar-refractivity contribution in [1.29, 1.82) is 0 Å². The Morgan fingerprint density at radius 2 is 2.18 bits per heavy atom. The van der Waals surface area contributed by atoms with Crippen molar-refractivity contribution in [2.75, 3.05) is 5.73 Å². The van der Waals surface area contributed by atoms with Crippen LogP contribution in [0.1, 0.15) is 12.5 Å². The van der Waals surface area contributed by atoms with Gasteiger partial charge in [-0.05, 0) is 22.4 Å². The fourth-order valence-corrected chi connectivity index (χ4v) is 1.68. The summed E-state index contributed by atoms with van der Waals surface area (Å²) in [6.07, 6.45) is 0.791. The molecule has 2 N–H and O–H groups in total. The van der Waals surface area contributed by atoms with Gasteiger partial charge in [-0.15, -0.1) is 10.2 Å². The van der Waals surface area contributed by atoms with Gasteiger partial charge in [0.15, 0.2) is 11.0 Å². The summed E-state index contributed by atoms with van der Waals surface area (Å²) in [4.78, 5) is 0. The lowest BCUT2D eigenvalue weighted by Crippen LogP contribution is -1.99. The fourth-order valence-electron chi connectivity index (χ4n) is 0.748. The number of halogens is 2. The van der Waals surface area contributed by atoms with Crippen LogP contribution >= 0.6 is 27.5 Å². The second-order valence-corrected chi connectivity index (χ2v) is 3.17. The van der Waals surface area contributed by atoms with E-state index in [2.05, 4.69) is 26.1 Å². The Morgan fingerprint density at radius 3 is 2.64 bits per heavy atom. The third kappa shape index (κ3) is 1.62. The first kappa shape index (κ1) is 8.74. The van der Waals surface area contributed by atoms with Crippen LogP contribution < -0.4 is 5.73 Å². The van der Waals surface area contributed by atoms with Crippen molar-refractivity contribution < 1.29 is 0 Å². The quantitative estimate of drug-likeness (QED) is 0.812. The van der Waals surface area contributed by atoms with E-state index in [1.165, 1.54) is 0 Å². The molecule has 1 aromatic heterocycles. The highest BCUT2D eigenvalue weighted by Crippen LogP contribution is 2.26. The standard InChI is InChI=1S/C6H7BrClN3/c1-2-3-4(7)6(9)11-10-5(3)8/h2H2,1H3,(H2,9,11). The Kier molecular flexibility index (Phi) is 2.67. The molecule has 0 saturated heterocycles. The lowest BCUT2D eigenvalue weighted by molar-refractivity contribution is 0.982. The first-order valence-corrected chi connectivity index (χ1v) is 4.30. The molecular formula is C6H7BrClN3. The van der Waals surface area contributed by atoms with Gasteiger partial charge in [-0.1, -0.05) is 18.5 Å². The Hall–Kier alpha value is -0.350. The number of rotatable bonds is 1. The molecule has 0 radical (unpaired) electrons. The molecule has 1 heterocycles. The summed E-state index contributed by atoms with van der Waals surface area (Å²) in [5.74, 6) is 0.381. The second kappa shape index (κ2) is 3.36. The van der Waals surface area contributed by atoms with Crippen LogP contribution in [0.5, 0.6) is 0 Å². The summed E-state index contributed by atoms with van der Waals surface area (Å²) in [6, 6.07) is 0. The van der Waals surface area contributed by atoms with E-state index < -0.39 is 0 Å². The smallest absolute Gasteiger partial charge is 0.160 e. The summed E-state index contributed by atoms with van der Waals surface area (Å²) in [5, 5.41) is 7.72. The number of nitrogens with two attached hydrogens (primary N) is 1. The highest BCUT2D eigenvalue weighted by Gasteiger charge is 2.08. The molecule has 0 saturated carbocycles. The first-order valence-electron chi connectivity index (χ1n) is 3.12. The van der Waals surface area contributed by atoms with Crippen molar-refractivity contribution in [2.45, 2.75) is 13.3 Å². The highest BCUT2D eigenvalue weighted by atomic mass is 79.9. The van der Waals surface area contributed by atoms with Crippen LogP contribution in [-0.2, 0) is 6.42 Å². The van der Waals surface area contributed by atoms with Gasteiger partial charge in [0.25, 0.3) is 0 Å². The molecule has 0 atom stereocenters. The van der Waals surface area contributed by atoms with E-state index in [9.17, 15) is 0 Å². The zero-order valence-electron chi connectivity index (χ0n) is 5.93. The maximum Gasteiger partial charge on any atom is 0.160 e. The Labute approximate surface area is 78.1 Å². The number of nitrogen functional groups attached to an aromatic ring is 1. The number of hydrogen-bond acceptors (Lipinski definition) is 3. The lowest BCUT2D eigenvalue weighted by Gasteiger charge is -2.03. The van der Waals surface area contributed by atoms with Crippen molar-refractivity contribution in [2.24, 2.45) is 0 Å². The van der Waals surface area contributed by atoms with E-state index in [-0.39, 0.29) is 0 Å². The van der Waals surface area contributed by atoms with Gasteiger partial charge in [0, 0.05) is 5.56 Å². The molecule has 0 aromatic carbocycles. The van der Waals surface area contributed by atoms with Crippen LogP contribution in [0.25, 0.3) is 0 Å². The molecule has 1 rings (SSSR count). The predicted molar refractivity (Wildman–Crippen MR) is 48.5 cm³/mol. The Bertz CT molecular complexity index is 277. The van der Waals surface area contributed by atoms with Crippen LogP contribution in [0.4, 0.5) is 5.82 Å². The summed E-state index contributed by atoms with van der Waals surface area (Å²) in [7, 11) is 0. The van der Waals surface area contributed by atoms with Crippen LogP contribution in [0.3, 0.4) is 0 Å². The average molecular weight is 236 g/mol. The molecule has 0 aliphatic carbocycles. The number of hydrogen-bond donors (Lipinski definition) is 1. The molecule has 0 bridgehead atoms. The first-order chi connectivity index (χ1) is 5.16. The molecule has 0 unspecified atom stereocenters. The van der Waals surface area contributed by atoms with Gasteiger partial charge in [0.05, 0.1) is 4.47 Å². The van der Waals surface area contributed by atoms with Gasteiger partial charge in [-0.25, -0.2) is 0 Å². The van der Waals surface area contributed by atoms with Crippen LogP contribution in [0, 0.1) is 0 Å². The van der Waals surface area contributed by atoms with Gasteiger partial charge < -0.3 is 5.73 Å². The van der Waals surface area contributed by atoms with Crippen molar-refractivity contribution >= 4 is 33.3 Å². The minimum atomic E-state index is 0.381. The van der Waals surface area contributed by atoms with Gasteiger partial charge in [-0.2, -0.15) is 0 Å². The van der Waals surface area contributed by atoms with Crippen molar-refractivity contribution in [3.05, 3.63) is 15.2 Å². The highest BCUT2D eigenvalue weighted by molar-refractivity contribution is 9.10. The maximum absolute atomic E-state index is 5.74. The molecule has 0 amide bonds. The fraction of sp³-hybridized carbons (Fsp3) is 0.333. The van der Waals surface area contributed by atoms with E-state index >= 15 is 0 Å². The van der Waals surface area contributed by atoms with E-state index in [0.29, 0.717) is 11.0 Å². The molecule has 0 aliphatic heterocycles. The molecule has 11 heavy (non-hydrogen) atoms. The summed E-state index contributed by atoms with van der Waals surface area (Å²) in [5.41, 5.74) is 6.39. The van der Waals surface area contributed by atoms with E-state index in [1.54, 1.807) is 0 Å². The molecule has 60 valence electrons. The molecule has 1 aromatic rings. The minimum Gasteiger partial charge on any atom is -0.381 e. The van der Waals surface area contributed by atoms with Crippen molar-refractivity contribution in [3.63, 3.8) is 0 Å². The SMILES string of the molecule is CCc1c(Cl)nnc(N)c1Br. The van der Waals surface area contributed by atoms with Crippen molar-refractivity contribution in [3.8, 4) is 0 Å². The minimum absolute atomic E-state index is 0.381. The molecule has 0 fully saturated rings. The summed E-state index contributed by atoms with van der Waals surface area (Å²) >= 11 is 9.02. The monoisotopic (exact) mass is 235 g/mol. The zero-order valence-corrected chi connectivity index (χ0v) is 8.28. The molecule has 0 aliphatic rings. The largest absolute Gasteiger partial charge is 0.381 e. The predicted octanol–water partition coefficient (Wildman–Crippen LogP) is 2.04. The van der Waals surface area contributed by atoms with Crippen LogP contribution in [0.2, 0.25) is 5.15 Å². The van der Waals surface area contributed by atoms with Gasteiger partial charge in [0.1, 0.15) is 0 Å². The number of aromatic nitrogens is 2. The van der Waals surface area contributed by atoms with E-state index in [1.807, 2.05) is 6.92 Å². The zero-order chi connectivity index (χ0) is 8.43. The third-order valence-corrected chi connectivity index (χ3v) is 2.53. The Balaban J connectivity index is 3.29. The van der Waals surface area contributed by atoms with Gasteiger partial charge in [-0.3, -0.25) is 0 Å². The molecule has 0 spiro atoms. The lowest BCUT2D eigenvalue weighted by atomic mass is 10.2. The average Bonchev–Trinajstić information content (AvgIpc) is 1.99. The second-order valence-electron chi connectivity index (χ2n) is 2.02. The Morgan fingerprint density at radius 1 is 1.55 bits per heavy atom. The van der Waals surface area contributed by atoms with Crippen molar-refractivity contribution in [1.82, 2.24) is 10.2 Å². The molecule has 5 heteroatoms. The topological polar surface area (TPSA) is 51.8 Å². The van der Waals surface area contributed by atoms with E-state index in [4.69, 9.17) is 17.3 Å². The van der Waals surface area contributed by atoms with E-state index in [0.717, 1.165) is 16.5 Å². The third-order valence-electron chi connectivity index (χ3n) is 1.34. The number of anilines is 1. The maximum atomic E-state index is 5.74. The van der Waals surface area contributed by atoms with Gasteiger partial charge in [0.2, 0.25) is 0 Å². The molecular weight excluding hydrogens is 229 g/mol.